The van der Waals surface area contributed by atoms with Gasteiger partial charge < -0.3 is 20.3 Å². The van der Waals surface area contributed by atoms with Crippen molar-refractivity contribution in [1.29, 1.82) is 0 Å². The van der Waals surface area contributed by atoms with Crippen molar-refractivity contribution in [3.05, 3.63) is 64.7 Å². The zero-order valence-electron chi connectivity index (χ0n) is 13.1. The van der Waals surface area contributed by atoms with Crippen molar-refractivity contribution in [2.45, 2.75) is 0 Å². The number of ether oxygens (including phenoxy) is 1. The van der Waals surface area contributed by atoms with Crippen LogP contribution in [0.2, 0.25) is 5.02 Å². The number of hydrogen-bond acceptors (Lipinski definition) is 4. The number of amides is 1. The molecule has 0 unspecified atom stereocenters. The van der Waals surface area contributed by atoms with Crippen LogP contribution in [0.1, 0.15) is 11.1 Å². The highest BCUT2D eigenvalue weighted by molar-refractivity contribution is 6.30. The molecule has 0 saturated heterocycles. The Morgan fingerprint density at radius 1 is 1.21 bits per heavy atom. The number of aromatic hydroxyl groups is 1. The molecule has 2 aromatic carbocycles. The molecule has 0 aliphatic heterocycles. The van der Waals surface area contributed by atoms with Crippen LogP contribution in [-0.4, -0.2) is 36.4 Å². The lowest BCUT2D eigenvalue weighted by atomic mass is 9.97. The summed E-state index contributed by atoms with van der Waals surface area (Å²) in [5, 5.41) is 22.0. The number of benzene rings is 2. The molecule has 24 heavy (non-hydrogen) atoms. The summed E-state index contributed by atoms with van der Waals surface area (Å²) >= 11 is 5.92. The van der Waals surface area contributed by atoms with E-state index in [2.05, 4.69) is 5.32 Å². The minimum Gasteiger partial charge on any atom is -0.504 e. The molecule has 2 aromatic rings. The van der Waals surface area contributed by atoms with Crippen LogP contribution < -0.4 is 10.1 Å². The summed E-state index contributed by atoms with van der Waals surface area (Å²) in [5.41, 5.74) is 2.03. The number of aliphatic hydroxyl groups is 1. The summed E-state index contributed by atoms with van der Waals surface area (Å²) in [5.74, 6) is -0.0196. The maximum atomic E-state index is 12.0. The van der Waals surface area contributed by atoms with E-state index in [1.165, 1.54) is 19.3 Å². The molecule has 0 atom stereocenters. The number of halogens is 1. The first kappa shape index (κ1) is 17.8. The third-order valence-corrected chi connectivity index (χ3v) is 3.58. The van der Waals surface area contributed by atoms with Gasteiger partial charge in [-0.15, -0.1) is 0 Å². The van der Waals surface area contributed by atoms with Crippen molar-refractivity contribution >= 4 is 23.1 Å². The molecule has 5 nitrogen and oxygen atoms in total. The molecule has 0 aromatic heterocycles. The van der Waals surface area contributed by atoms with Crippen molar-refractivity contribution in [2.75, 3.05) is 20.3 Å². The average molecular weight is 348 g/mol. The molecule has 0 fully saturated rings. The summed E-state index contributed by atoms with van der Waals surface area (Å²) in [6.07, 6.45) is 1.42. The molecule has 0 aliphatic carbocycles. The van der Waals surface area contributed by atoms with Crippen molar-refractivity contribution in [3.63, 3.8) is 0 Å². The van der Waals surface area contributed by atoms with E-state index < -0.39 is 0 Å². The van der Waals surface area contributed by atoms with E-state index in [9.17, 15) is 9.90 Å². The SMILES string of the molecule is COc1ccc(C(=CC(=O)NCCO)c2ccc(Cl)cc2)cc1O. The van der Waals surface area contributed by atoms with Crippen LogP contribution in [0.3, 0.4) is 0 Å². The molecule has 6 heteroatoms. The van der Waals surface area contributed by atoms with Gasteiger partial charge in [0.2, 0.25) is 5.91 Å². The number of phenols is 1. The third-order valence-electron chi connectivity index (χ3n) is 3.33. The minimum atomic E-state index is -0.343. The molecule has 0 saturated carbocycles. The van der Waals surface area contributed by atoms with Gasteiger partial charge in [0.25, 0.3) is 0 Å². The Hall–Kier alpha value is -2.50. The third kappa shape index (κ3) is 4.50. The van der Waals surface area contributed by atoms with Crippen molar-refractivity contribution in [1.82, 2.24) is 5.32 Å². The van der Waals surface area contributed by atoms with E-state index in [1.807, 2.05) is 0 Å². The summed E-state index contributed by atoms with van der Waals surface area (Å²) in [6.45, 7) is 0.0241. The second-order valence-corrected chi connectivity index (χ2v) is 5.40. The van der Waals surface area contributed by atoms with Gasteiger partial charge in [-0.2, -0.15) is 0 Å². The topological polar surface area (TPSA) is 78.8 Å². The van der Waals surface area contributed by atoms with Gasteiger partial charge in [-0.1, -0.05) is 29.8 Å². The van der Waals surface area contributed by atoms with Gasteiger partial charge in [-0.25, -0.2) is 0 Å². The Balaban J connectivity index is 2.46. The summed E-state index contributed by atoms with van der Waals surface area (Å²) in [6, 6.07) is 11.9. The highest BCUT2D eigenvalue weighted by atomic mass is 35.5. The fraction of sp³-hybridized carbons (Fsp3) is 0.167. The zero-order valence-corrected chi connectivity index (χ0v) is 13.9. The molecule has 3 N–H and O–H groups in total. The zero-order chi connectivity index (χ0) is 17.5. The molecule has 0 bridgehead atoms. The lowest BCUT2D eigenvalue weighted by molar-refractivity contribution is -0.116. The van der Waals surface area contributed by atoms with Crippen LogP contribution in [0.5, 0.6) is 11.5 Å². The lowest BCUT2D eigenvalue weighted by Gasteiger charge is -2.11. The predicted molar refractivity (Wildman–Crippen MR) is 93.3 cm³/mol. The maximum absolute atomic E-state index is 12.0. The number of aliphatic hydroxyl groups excluding tert-OH is 1. The fourth-order valence-corrected chi connectivity index (χ4v) is 2.31. The van der Waals surface area contributed by atoms with Crippen LogP contribution in [-0.2, 0) is 4.79 Å². The van der Waals surface area contributed by atoms with Crippen molar-refractivity contribution in [3.8, 4) is 11.5 Å². The number of nitrogens with one attached hydrogen (secondary N) is 1. The van der Waals surface area contributed by atoms with Gasteiger partial charge in [0.1, 0.15) is 0 Å². The Morgan fingerprint density at radius 3 is 2.46 bits per heavy atom. The van der Waals surface area contributed by atoms with Gasteiger partial charge in [-0.05, 0) is 41.0 Å². The second-order valence-electron chi connectivity index (χ2n) is 4.97. The number of hydrogen-bond donors (Lipinski definition) is 3. The smallest absolute Gasteiger partial charge is 0.244 e. The molecule has 0 spiro atoms. The number of carbonyl (C=O) groups excluding carboxylic acids is 1. The average Bonchev–Trinajstić information content (AvgIpc) is 2.58. The fourth-order valence-electron chi connectivity index (χ4n) is 2.18. The van der Waals surface area contributed by atoms with E-state index in [0.717, 1.165) is 5.56 Å². The van der Waals surface area contributed by atoms with Crippen molar-refractivity contribution < 1.29 is 19.7 Å². The Morgan fingerprint density at radius 2 is 1.88 bits per heavy atom. The molecule has 0 aliphatic rings. The Bertz CT molecular complexity index is 741. The number of rotatable bonds is 6. The van der Waals surface area contributed by atoms with Gasteiger partial charge in [0, 0.05) is 17.6 Å². The number of carbonyl (C=O) groups is 1. The standard InChI is InChI=1S/C18H18ClNO4/c1-24-17-7-4-13(10-16(17)22)15(11-18(23)20-8-9-21)12-2-5-14(19)6-3-12/h2-7,10-11,21-22H,8-9H2,1H3,(H,20,23). The molecular weight excluding hydrogens is 330 g/mol. The quantitative estimate of drug-likeness (QED) is 0.702. The first-order valence-electron chi connectivity index (χ1n) is 7.29. The summed E-state index contributed by atoms with van der Waals surface area (Å²) in [4.78, 5) is 12.0. The van der Waals surface area contributed by atoms with Gasteiger partial charge in [0.15, 0.2) is 11.5 Å². The molecule has 126 valence electrons. The van der Waals surface area contributed by atoms with Gasteiger partial charge in [0.05, 0.1) is 13.7 Å². The van der Waals surface area contributed by atoms with E-state index in [1.54, 1.807) is 36.4 Å². The van der Waals surface area contributed by atoms with E-state index in [-0.39, 0.29) is 24.8 Å². The molecule has 0 heterocycles. The minimum absolute atomic E-state index is 0.0226. The first-order valence-corrected chi connectivity index (χ1v) is 7.66. The highest BCUT2D eigenvalue weighted by Gasteiger charge is 2.11. The molecule has 0 radical (unpaired) electrons. The van der Waals surface area contributed by atoms with E-state index >= 15 is 0 Å². The van der Waals surface area contributed by atoms with Crippen LogP contribution in [0.25, 0.3) is 5.57 Å². The van der Waals surface area contributed by atoms with E-state index in [4.69, 9.17) is 21.4 Å². The number of phenolic OH excluding ortho intramolecular Hbond substituents is 1. The van der Waals surface area contributed by atoms with Crippen LogP contribution in [0, 0.1) is 0 Å². The first-order chi connectivity index (χ1) is 11.5. The Kier molecular flexibility index (Phi) is 6.23. The van der Waals surface area contributed by atoms with Gasteiger partial charge in [-0.3, -0.25) is 4.79 Å². The van der Waals surface area contributed by atoms with Crippen LogP contribution in [0.15, 0.2) is 48.5 Å². The monoisotopic (exact) mass is 347 g/mol. The molecular formula is C18H18ClNO4. The van der Waals surface area contributed by atoms with Crippen LogP contribution in [0.4, 0.5) is 0 Å². The van der Waals surface area contributed by atoms with E-state index in [0.29, 0.717) is 21.9 Å². The summed E-state index contributed by atoms with van der Waals surface area (Å²) < 4.78 is 5.04. The largest absolute Gasteiger partial charge is 0.504 e. The molecule has 2 rings (SSSR count). The lowest BCUT2D eigenvalue weighted by Crippen LogP contribution is -2.24. The Labute approximate surface area is 145 Å². The molecule has 1 amide bonds. The summed E-state index contributed by atoms with van der Waals surface area (Å²) in [7, 11) is 1.47. The van der Waals surface area contributed by atoms with Crippen molar-refractivity contribution in [2.24, 2.45) is 0 Å². The predicted octanol–water partition coefficient (Wildman–Crippen LogP) is 2.59. The van der Waals surface area contributed by atoms with Crippen LogP contribution >= 0.6 is 11.6 Å². The highest BCUT2D eigenvalue weighted by Crippen LogP contribution is 2.32. The second kappa shape index (κ2) is 8.38. The normalized spacial score (nSPS) is 11.2. The number of methoxy groups -OCH3 is 1. The van der Waals surface area contributed by atoms with Gasteiger partial charge >= 0.3 is 0 Å². The maximum Gasteiger partial charge on any atom is 0.244 e.